The molecule has 2 aromatic carbocycles. The summed E-state index contributed by atoms with van der Waals surface area (Å²) in [4.78, 5) is 40.3. The fourth-order valence-electron chi connectivity index (χ4n) is 4.02. The van der Waals surface area contributed by atoms with Crippen LogP contribution in [0.1, 0.15) is 47.3 Å². The molecule has 1 atom stereocenters. The second-order valence-electron chi connectivity index (χ2n) is 9.15. The number of nitrogens with zero attached hydrogens (tertiary/aromatic N) is 4. The van der Waals surface area contributed by atoms with Gasteiger partial charge in [-0.2, -0.15) is 13.2 Å². The lowest BCUT2D eigenvalue weighted by Gasteiger charge is -2.29. The first-order valence-corrected chi connectivity index (χ1v) is 12.6. The van der Waals surface area contributed by atoms with Crippen molar-refractivity contribution >= 4 is 58.3 Å². The number of hydrogen-bond donors (Lipinski definition) is 0. The average Bonchev–Trinajstić information content (AvgIpc) is 3.32. The number of aryl methyl sites for hydroxylation is 1. The molecule has 204 valence electrons. The van der Waals surface area contributed by atoms with E-state index in [1.165, 1.54) is 36.7 Å². The third-order valence-electron chi connectivity index (χ3n) is 6.03. The number of oxime groups is 1. The summed E-state index contributed by atoms with van der Waals surface area (Å²) >= 11 is 17.8. The molecule has 0 saturated carbocycles. The van der Waals surface area contributed by atoms with E-state index in [0.29, 0.717) is 11.1 Å². The van der Waals surface area contributed by atoms with Gasteiger partial charge in [0.25, 0.3) is 11.5 Å². The number of alkyl halides is 3. The minimum atomic E-state index is -4.85. The zero-order chi connectivity index (χ0) is 28.7. The van der Waals surface area contributed by atoms with Crippen LogP contribution in [0.25, 0.3) is 0 Å². The molecule has 2 heterocycles. The van der Waals surface area contributed by atoms with Gasteiger partial charge in [-0.3, -0.25) is 9.59 Å². The molecular formula is C26H20Cl3F3N4O3. The van der Waals surface area contributed by atoms with Crippen molar-refractivity contribution in [1.29, 1.82) is 0 Å². The van der Waals surface area contributed by atoms with Gasteiger partial charge in [-0.1, -0.05) is 59.9 Å². The minimum Gasteiger partial charge on any atom is -0.374 e. The molecule has 1 aliphatic rings. The lowest BCUT2D eigenvalue weighted by molar-refractivity contribution is -0.275. The Morgan fingerprint density at radius 3 is 2.15 bits per heavy atom. The van der Waals surface area contributed by atoms with Crippen molar-refractivity contribution in [2.45, 2.75) is 39.0 Å². The zero-order valence-electron chi connectivity index (χ0n) is 20.7. The molecule has 1 aliphatic heterocycles. The number of rotatable bonds is 5. The first-order chi connectivity index (χ1) is 18.2. The average molecular weight is 600 g/mol. The molecule has 0 radical (unpaired) electrons. The monoisotopic (exact) mass is 598 g/mol. The zero-order valence-corrected chi connectivity index (χ0v) is 23.0. The van der Waals surface area contributed by atoms with Crippen molar-refractivity contribution in [1.82, 2.24) is 9.97 Å². The summed E-state index contributed by atoms with van der Waals surface area (Å²) in [5.74, 6) is -1.97. The van der Waals surface area contributed by atoms with E-state index >= 15 is 0 Å². The number of anilines is 1. The molecule has 39 heavy (non-hydrogen) atoms. The van der Waals surface area contributed by atoms with E-state index in [2.05, 4.69) is 15.1 Å². The highest BCUT2D eigenvalue weighted by Crippen LogP contribution is 2.49. The van der Waals surface area contributed by atoms with Gasteiger partial charge in [0, 0.05) is 33.5 Å². The minimum absolute atomic E-state index is 0.00155. The maximum atomic E-state index is 14.3. The molecule has 0 fully saturated rings. The number of carbonyl (C=O) groups excluding carboxylic acids is 2. The SMILES string of the molecule is Cc1cc(C2=NOC(c3cc(Cl)cc(Cl)c3)(C(F)(F)F)C2)ccc1C(=O)N(C(=O)C(C)C)c1ncc(Cl)cn1. The summed E-state index contributed by atoms with van der Waals surface area (Å²) in [6.45, 7) is 4.82. The van der Waals surface area contributed by atoms with Crippen LogP contribution in [0.3, 0.4) is 0 Å². The molecule has 0 spiro atoms. The Balaban J connectivity index is 1.68. The fourth-order valence-corrected chi connectivity index (χ4v) is 4.64. The van der Waals surface area contributed by atoms with Crippen LogP contribution in [0.2, 0.25) is 15.1 Å². The molecule has 0 bridgehead atoms. The van der Waals surface area contributed by atoms with Crippen LogP contribution in [0.5, 0.6) is 0 Å². The van der Waals surface area contributed by atoms with Crippen LogP contribution in [0, 0.1) is 12.8 Å². The Morgan fingerprint density at radius 1 is 1.00 bits per heavy atom. The van der Waals surface area contributed by atoms with Crippen molar-refractivity contribution in [2.24, 2.45) is 11.1 Å². The standard InChI is InChI=1S/C26H20Cl3F3N4O3/c1-13(2)22(37)36(24-33-11-19(29)12-34-24)23(38)20-5-4-15(6-14(20)3)21-10-25(39-35-21,26(30,31)32)16-7-17(27)9-18(28)8-16/h4-9,11-13H,10H2,1-3H3. The molecule has 1 unspecified atom stereocenters. The summed E-state index contributed by atoms with van der Waals surface area (Å²) in [7, 11) is 0. The molecular weight excluding hydrogens is 580 g/mol. The van der Waals surface area contributed by atoms with Crippen LogP contribution in [-0.4, -0.2) is 33.7 Å². The summed E-state index contributed by atoms with van der Waals surface area (Å²) in [6.07, 6.45) is -3.00. The van der Waals surface area contributed by atoms with Gasteiger partial charge in [0.15, 0.2) is 0 Å². The maximum absolute atomic E-state index is 14.3. The van der Waals surface area contributed by atoms with Gasteiger partial charge in [-0.25, -0.2) is 14.9 Å². The van der Waals surface area contributed by atoms with Gasteiger partial charge in [-0.15, -0.1) is 0 Å². The van der Waals surface area contributed by atoms with E-state index in [4.69, 9.17) is 39.6 Å². The summed E-state index contributed by atoms with van der Waals surface area (Å²) < 4.78 is 43.0. The van der Waals surface area contributed by atoms with Gasteiger partial charge in [-0.05, 0) is 48.4 Å². The van der Waals surface area contributed by atoms with E-state index in [9.17, 15) is 22.8 Å². The van der Waals surface area contributed by atoms with Gasteiger partial charge < -0.3 is 4.84 Å². The van der Waals surface area contributed by atoms with Crippen LogP contribution in [-0.2, 0) is 15.2 Å². The lowest BCUT2D eigenvalue weighted by Crippen LogP contribution is -2.42. The number of benzene rings is 2. The quantitative estimate of drug-likeness (QED) is 0.311. The molecule has 4 rings (SSSR count). The molecule has 2 amide bonds. The number of carbonyl (C=O) groups is 2. The van der Waals surface area contributed by atoms with Gasteiger partial charge >= 0.3 is 6.18 Å². The van der Waals surface area contributed by atoms with Gasteiger partial charge in [0.2, 0.25) is 11.9 Å². The van der Waals surface area contributed by atoms with E-state index < -0.39 is 35.9 Å². The van der Waals surface area contributed by atoms with Crippen LogP contribution in [0.15, 0.2) is 53.9 Å². The molecule has 0 saturated heterocycles. The first kappa shape index (κ1) is 28.8. The van der Waals surface area contributed by atoms with Crippen molar-refractivity contribution < 1.29 is 27.6 Å². The molecule has 0 N–H and O–H groups in total. The Bertz CT molecular complexity index is 1460. The van der Waals surface area contributed by atoms with E-state index in [1.54, 1.807) is 20.8 Å². The topological polar surface area (TPSA) is 84.8 Å². The van der Waals surface area contributed by atoms with E-state index in [-0.39, 0.29) is 37.9 Å². The number of hydrogen-bond acceptors (Lipinski definition) is 6. The van der Waals surface area contributed by atoms with Gasteiger partial charge in [0.05, 0.1) is 23.1 Å². The molecule has 7 nitrogen and oxygen atoms in total. The highest BCUT2D eigenvalue weighted by Gasteiger charge is 2.62. The highest BCUT2D eigenvalue weighted by molar-refractivity contribution is 6.34. The number of aromatic nitrogens is 2. The van der Waals surface area contributed by atoms with Crippen molar-refractivity contribution in [2.75, 3.05) is 4.90 Å². The number of imide groups is 1. The predicted molar refractivity (Wildman–Crippen MR) is 141 cm³/mol. The van der Waals surface area contributed by atoms with Crippen LogP contribution >= 0.6 is 34.8 Å². The van der Waals surface area contributed by atoms with Crippen LogP contribution < -0.4 is 4.90 Å². The first-order valence-electron chi connectivity index (χ1n) is 11.5. The largest absolute Gasteiger partial charge is 0.435 e. The predicted octanol–water partition coefficient (Wildman–Crippen LogP) is 7.16. The molecule has 1 aromatic heterocycles. The van der Waals surface area contributed by atoms with E-state index in [0.717, 1.165) is 17.0 Å². The number of halogens is 6. The van der Waals surface area contributed by atoms with Crippen molar-refractivity contribution in [3.05, 3.63) is 86.1 Å². The third kappa shape index (κ3) is 5.59. The second-order valence-corrected chi connectivity index (χ2v) is 10.5. The summed E-state index contributed by atoms with van der Waals surface area (Å²) in [5, 5.41) is 4.00. The Morgan fingerprint density at radius 2 is 1.62 bits per heavy atom. The Kier molecular flexibility index (Phi) is 7.93. The molecule has 13 heteroatoms. The Labute approximate surface area is 236 Å². The number of amides is 2. The third-order valence-corrected chi connectivity index (χ3v) is 6.66. The van der Waals surface area contributed by atoms with Crippen molar-refractivity contribution in [3.8, 4) is 0 Å². The normalized spacial score (nSPS) is 17.1. The maximum Gasteiger partial charge on any atom is 0.435 e. The lowest BCUT2D eigenvalue weighted by atomic mass is 9.86. The van der Waals surface area contributed by atoms with E-state index in [1.807, 2.05) is 0 Å². The molecule has 3 aromatic rings. The second kappa shape index (κ2) is 10.7. The Hall–Kier alpha value is -3.21. The smallest absolute Gasteiger partial charge is 0.374 e. The van der Waals surface area contributed by atoms with Crippen LogP contribution in [0.4, 0.5) is 19.1 Å². The fraction of sp³-hybridized carbons (Fsp3) is 0.269. The van der Waals surface area contributed by atoms with Crippen molar-refractivity contribution in [3.63, 3.8) is 0 Å². The van der Waals surface area contributed by atoms with Gasteiger partial charge in [0.1, 0.15) is 0 Å². The highest BCUT2D eigenvalue weighted by atomic mass is 35.5. The summed E-state index contributed by atoms with van der Waals surface area (Å²) in [5.41, 5.74) is -2.29. The molecule has 0 aliphatic carbocycles. The summed E-state index contributed by atoms with van der Waals surface area (Å²) in [6, 6.07) is 7.90.